The molecule has 0 fully saturated rings. The third-order valence-corrected chi connectivity index (χ3v) is 8.07. The number of anilines is 1. The zero-order chi connectivity index (χ0) is 24.7. The highest BCUT2D eigenvalue weighted by Gasteiger charge is 2.40. The summed E-state index contributed by atoms with van der Waals surface area (Å²) < 4.78 is 2.01. The fourth-order valence-corrected chi connectivity index (χ4v) is 5.76. The fourth-order valence-electron chi connectivity index (χ4n) is 5.49. The minimum Gasteiger partial charge on any atom is -0.363 e. The molecule has 0 amide bonds. The molecule has 2 aromatic carbocycles. The van der Waals surface area contributed by atoms with E-state index in [1.54, 1.807) is 0 Å². The number of carbonyl (C=O) groups is 1. The zero-order valence-electron chi connectivity index (χ0n) is 21.2. The number of nitrogens with one attached hydrogen (secondary N) is 1. The Bertz CT molecular complexity index is 1190. The van der Waals surface area contributed by atoms with Crippen LogP contribution in [0.15, 0.2) is 48.5 Å². The number of halogens is 1. The highest BCUT2D eigenvalue weighted by molar-refractivity contribution is 6.31. The topological polar surface area (TPSA) is 46.9 Å². The molecule has 180 valence electrons. The number of aromatic nitrogens is 2. The number of nitrogens with zero attached hydrogens (tertiary/aromatic N) is 2. The van der Waals surface area contributed by atoms with Crippen LogP contribution in [0.4, 0.5) is 5.82 Å². The van der Waals surface area contributed by atoms with Crippen molar-refractivity contribution in [2.45, 2.75) is 84.2 Å². The fraction of sp³-hybridized carbons (Fsp3) is 0.448. The van der Waals surface area contributed by atoms with Crippen molar-refractivity contribution in [2.24, 2.45) is 0 Å². The molecule has 2 heterocycles. The van der Waals surface area contributed by atoms with Gasteiger partial charge in [-0.2, -0.15) is 5.10 Å². The number of Topliss-reactive ketones (excluding diaryl/α,β-unsaturated/α-hetero) is 1. The first-order valence-electron chi connectivity index (χ1n) is 12.3. The number of benzene rings is 2. The van der Waals surface area contributed by atoms with E-state index in [2.05, 4.69) is 70.3 Å². The maximum absolute atomic E-state index is 14.0. The third-order valence-electron chi connectivity index (χ3n) is 7.72. The summed E-state index contributed by atoms with van der Waals surface area (Å²) in [4.78, 5) is 14.0. The van der Waals surface area contributed by atoms with Gasteiger partial charge >= 0.3 is 0 Å². The molecular weight excluding hydrogens is 442 g/mol. The Morgan fingerprint density at radius 3 is 2.38 bits per heavy atom. The normalized spacial score (nSPS) is 17.2. The molecule has 0 radical (unpaired) electrons. The van der Waals surface area contributed by atoms with Gasteiger partial charge in [-0.3, -0.25) is 4.79 Å². The van der Waals surface area contributed by atoms with E-state index in [0.717, 1.165) is 41.4 Å². The lowest BCUT2D eigenvalue weighted by atomic mass is 9.71. The number of hydrogen-bond donors (Lipinski definition) is 1. The van der Waals surface area contributed by atoms with Crippen LogP contribution in [0.1, 0.15) is 92.2 Å². The molecule has 4 nitrogen and oxygen atoms in total. The highest BCUT2D eigenvalue weighted by Crippen LogP contribution is 2.44. The van der Waals surface area contributed by atoms with Crippen molar-refractivity contribution in [2.75, 3.05) is 5.32 Å². The van der Waals surface area contributed by atoms with E-state index in [-0.39, 0.29) is 22.8 Å². The van der Waals surface area contributed by atoms with Gasteiger partial charge in [0.15, 0.2) is 5.78 Å². The summed E-state index contributed by atoms with van der Waals surface area (Å²) in [7, 11) is 0. The molecule has 1 aromatic heterocycles. The highest BCUT2D eigenvalue weighted by atomic mass is 35.5. The molecule has 1 atom stereocenters. The Morgan fingerprint density at radius 1 is 1.12 bits per heavy atom. The van der Waals surface area contributed by atoms with E-state index in [4.69, 9.17) is 16.7 Å². The minimum atomic E-state index is -0.253. The van der Waals surface area contributed by atoms with Crippen molar-refractivity contribution in [1.82, 2.24) is 9.78 Å². The molecule has 1 aliphatic rings. The number of ketones is 1. The summed E-state index contributed by atoms with van der Waals surface area (Å²) in [5.41, 5.74) is 4.56. The van der Waals surface area contributed by atoms with Crippen molar-refractivity contribution >= 4 is 23.2 Å². The summed E-state index contributed by atoms with van der Waals surface area (Å²) in [6, 6.07) is 16.6. The average molecular weight is 478 g/mol. The molecule has 5 heteroatoms. The van der Waals surface area contributed by atoms with Crippen LogP contribution in [0.3, 0.4) is 0 Å². The zero-order valence-corrected chi connectivity index (χ0v) is 22.0. The lowest BCUT2D eigenvalue weighted by Crippen LogP contribution is -2.38. The van der Waals surface area contributed by atoms with Gasteiger partial charge in [-0.1, -0.05) is 73.5 Å². The molecule has 0 saturated carbocycles. The lowest BCUT2D eigenvalue weighted by molar-refractivity contribution is 0.0944. The van der Waals surface area contributed by atoms with Gasteiger partial charge < -0.3 is 5.32 Å². The van der Waals surface area contributed by atoms with Gasteiger partial charge in [0.2, 0.25) is 0 Å². The van der Waals surface area contributed by atoms with Gasteiger partial charge in [0.05, 0.1) is 22.8 Å². The molecule has 0 unspecified atom stereocenters. The summed E-state index contributed by atoms with van der Waals surface area (Å²) in [6.07, 6.45) is 3.10. The summed E-state index contributed by atoms with van der Waals surface area (Å²) in [6.45, 7) is 12.8. The van der Waals surface area contributed by atoms with Crippen LogP contribution in [-0.4, -0.2) is 15.6 Å². The molecule has 3 aromatic rings. The minimum absolute atomic E-state index is 0.0121. The maximum Gasteiger partial charge on any atom is 0.169 e. The van der Waals surface area contributed by atoms with E-state index in [0.29, 0.717) is 12.0 Å². The van der Waals surface area contributed by atoms with Gasteiger partial charge in [0.25, 0.3) is 0 Å². The Morgan fingerprint density at radius 2 is 1.76 bits per heavy atom. The van der Waals surface area contributed by atoms with E-state index < -0.39 is 0 Å². The van der Waals surface area contributed by atoms with Crippen molar-refractivity contribution in [1.29, 1.82) is 0 Å². The number of rotatable bonds is 7. The van der Waals surface area contributed by atoms with E-state index in [1.165, 1.54) is 11.1 Å². The van der Waals surface area contributed by atoms with Crippen LogP contribution in [0.2, 0.25) is 5.02 Å². The molecule has 1 N–H and O–H groups in total. The number of hydrogen-bond acceptors (Lipinski definition) is 3. The molecule has 1 aliphatic heterocycles. The van der Waals surface area contributed by atoms with Gasteiger partial charge in [0.1, 0.15) is 5.82 Å². The molecule has 0 saturated heterocycles. The largest absolute Gasteiger partial charge is 0.363 e. The van der Waals surface area contributed by atoms with Crippen LogP contribution in [0.25, 0.3) is 0 Å². The van der Waals surface area contributed by atoms with Crippen molar-refractivity contribution in [3.05, 3.63) is 81.5 Å². The first-order valence-corrected chi connectivity index (χ1v) is 12.7. The second-order valence-electron chi connectivity index (χ2n) is 10.4. The monoisotopic (exact) mass is 477 g/mol. The Hall–Kier alpha value is -2.59. The molecule has 0 bridgehead atoms. The standard InChI is InChI=1S/C29H36ClN3O/c1-7-29(8-2,21-15-13-19(3)14-16-21)18-25(34)26-20(4)32-33-27(26)31-24(17-28(33,5)6)22-11-9-10-12-23(22)30/h9-16,24,31H,7-8,17-18H2,1-6H3/t24-/m1/s1. The van der Waals surface area contributed by atoms with Crippen LogP contribution in [0.5, 0.6) is 0 Å². The Labute approximate surface area is 208 Å². The Kier molecular flexibility index (Phi) is 6.65. The number of fused-ring (bicyclic) bond motifs is 1. The van der Waals surface area contributed by atoms with Crippen molar-refractivity contribution in [3.63, 3.8) is 0 Å². The summed E-state index contributed by atoms with van der Waals surface area (Å²) in [5, 5.41) is 9.23. The summed E-state index contributed by atoms with van der Waals surface area (Å²) in [5.74, 6) is 0.958. The second kappa shape index (κ2) is 9.22. The third kappa shape index (κ3) is 4.29. The van der Waals surface area contributed by atoms with Crippen LogP contribution < -0.4 is 5.32 Å². The molecule has 0 aliphatic carbocycles. The molecule has 4 rings (SSSR count). The average Bonchev–Trinajstić information content (AvgIpc) is 3.15. The number of carbonyl (C=O) groups excluding carboxylic acids is 1. The second-order valence-corrected chi connectivity index (χ2v) is 10.8. The molecule has 34 heavy (non-hydrogen) atoms. The summed E-state index contributed by atoms with van der Waals surface area (Å²) >= 11 is 6.56. The quantitative estimate of drug-likeness (QED) is 0.353. The lowest BCUT2D eigenvalue weighted by Gasteiger charge is -2.39. The number of aryl methyl sites for hydroxylation is 2. The Balaban J connectivity index is 1.74. The smallest absolute Gasteiger partial charge is 0.169 e. The molecular formula is C29H36ClN3O. The van der Waals surface area contributed by atoms with Crippen LogP contribution >= 0.6 is 11.6 Å². The maximum atomic E-state index is 14.0. The van der Waals surface area contributed by atoms with Crippen LogP contribution in [0, 0.1) is 13.8 Å². The molecule has 0 spiro atoms. The van der Waals surface area contributed by atoms with Gasteiger partial charge in [0, 0.05) is 16.9 Å². The predicted octanol–water partition coefficient (Wildman–Crippen LogP) is 7.78. The van der Waals surface area contributed by atoms with Crippen LogP contribution in [-0.2, 0) is 11.0 Å². The first kappa shape index (κ1) is 24.5. The van der Waals surface area contributed by atoms with E-state index >= 15 is 0 Å². The van der Waals surface area contributed by atoms with E-state index in [9.17, 15) is 4.79 Å². The van der Waals surface area contributed by atoms with Gasteiger partial charge in [-0.05, 0) is 64.2 Å². The van der Waals surface area contributed by atoms with Crippen molar-refractivity contribution < 1.29 is 4.79 Å². The predicted molar refractivity (Wildman–Crippen MR) is 141 cm³/mol. The van der Waals surface area contributed by atoms with Crippen molar-refractivity contribution in [3.8, 4) is 0 Å². The SMILES string of the molecule is CCC(CC)(CC(=O)c1c(C)nn2c1N[C@@H](c1ccccc1Cl)CC2(C)C)c1ccc(C)cc1. The first-order chi connectivity index (χ1) is 16.1. The van der Waals surface area contributed by atoms with E-state index in [1.807, 2.05) is 29.8 Å². The van der Waals surface area contributed by atoms with Gasteiger partial charge in [-0.25, -0.2) is 4.68 Å². The van der Waals surface area contributed by atoms with Gasteiger partial charge in [-0.15, -0.1) is 0 Å².